The highest BCUT2D eigenvalue weighted by molar-refractivity contribution is 5.92. The van der Waals surface area contributed by atoms with Gasteiger partial charge in [-0.05, 0) is 12.1 Å². The first-order chi connectivity index (χ1) is 10.0. The van der Waals surface area contributed by atoms with Crippen LogP contribution in [0.1, 0.15) is 12.8 Å². The van der Waals surface area contributed by atoms with Crippen LogP contribution in [-0.4, -0.2) is 36.2 Å². The van der Waals surface area contributed by atoms with Crippen molar-refractivity contribution in [2.75, 3.05) is 18.0 Å². The average molecular weight is 289 g/mol. The van der Waals surface area contributed by atoms with E-state index >= 15 is 0 Å². The molecule has 0 aliphatic carbocycles. The van der Waals surface area contributed by atoms with E-state index in [1.54, 1.807) is 25.1 Å². The lowest BCUT2D eigenvalue weighted by atomic mass is 10.2. The SMILES string of the molecule is CC(=O)NC[C@H]1CN(c2ccc3nc(C)oc3c2)C(=O)O1. The summed E-state index contributed by atoms with van der Waals surface area (Å²) in [5.41, 5.74) is 2.07. The number of oxazole rings is 1. The molecule has 0 unspecified atom stereocenters. The Morgan fingerprint density at radius 1 is 1.52 bits per heavy atom. The normalized spacial score (nSPS) is 18.1. The Hall–Kier alpha value is -2.57. The number of cyclic esters (lactones) is 1. The number of anilines is 1. The summed E-state index contributed by atoms with van der Waals surface area (Å²) >= 11 is 0. The van der Waals surface area contributed by atoms with E-state index in [1.165, 1.54) is 11.8 Å². The van der Waals surface area contributed by atoms with Gasteiger partial charge in [-0.3, -0.25) is 9.69 Å². The molecule has 1 atom stereocenters. The molecule has 1 fully saturated rings. The highest BCUT2D eigenvalue weighted by Gasteiger charge is 2.32. The van der Waals surface area contributed by atoms with Gasteiger partial charge in [-0.15, -0.1) is 0 Å². The number of fused-ring (bicyclic) bond motifs is 1. The highest BCUT2D eigenvalue weighted by Crippen LogP contribution is 2.26. The monoisotopic (exact) mass is 289 g/mol. The first kappa shape index (κ1) is 13.4. The second kappa shape index (κ2) is 5.08. The van der Waals surface area contributed by atoms with Crippen molar-refractivity contribution in [3.05, 3.63) is 24.1 Å². The molecule has 2 heterocycles. The Bertz CT molecular complexity index is 709. The number of nitrogens with zero attached hydrogens (tertiary/aromatic N) is 2. The third-order valence-electron chi connectivity index (χ3n) is 3.24. The summed E-state index contributed by atoms with van der Waals surface area (Å²) in [4.78, 5) is 28.5. The zero-order valence-corrected chi connectivity index (χ0v) is 11.8. The number of carbonyl (C=O) groups is 2. The third-order valence-corrected chi connectivity index (χ3v) is 3.24. The molecule has 2 aromatic rings. The number of aryl methyl sites for hydroxylation is 1. The van der Waals surface area contributed by atoms with Crippen molar-refractivity contribution in [1.29, 1.82) is 0 Å². The molecule has 3 rings (SSSR count). The number of ether oxygens (including phenoxy) is 1. The molecule has 1 aromatic heterocycles. The van der Waals surface area contributed by atoms with Gasteiger partial charge in [-0.2, -0.15) is 0 Å². The second-order valence-corrected chi connectivity index (χ2v) is 4.94. The lowest BCUT2D eigenvalue weighted by Gasteiger charge is -2.12. The van der Waals surface area contributed by atoms with Crippen molar-refractivity contribution in [1.82, 2.24) is 10.3 Å². The van der Waals surface area contributed by atoms with Crippen LogP contribution in [0.3, 0.4) is 0 Å². The standard InChI is InChI=1S/C14H15N3O4/c1-8(18)15-6-11-7-17(14(19)21-11)10-3-4-12-13(5-10)20-9(2)16-12/h3-5,11H,6-7H2,1-2H3,(H,15,18)/t11-/m0/s1. The fourth-order valence-corrected chi connectivity index (χ4v) is 2.29. The maximum atomic E-state index is 11.9. The summed E-state index contributed by atoms with van der Waals surface area (Å²) in [5, 5.41) is 2.64. The second-order valence-electron chi connectivity index (χ2n) is 4.94. The highest BCUT2D eigenvalue weighted by atomic mass is 16.6. The Kier molecular flexibility index (Phi) is 3.25. The number of rotatable bonds is 3. The van der Waals surface area contributed by atoms with Gasteiger partial charge in [-0.25, -0.2) is 9.78 Å². The first-order valence-corrected chi connectivity index (χ1v) is 6.63. The van der Waals surface area contributed by atoms with Gasteiger partial charge < -0.3 is 14.5 Å². The van der Waals surface area contributed by atoms with Gasteiger partial charge in [0.1, 0.15) is 11.6 Å². The van der Waals surface area contributed by atoms with Crippen molar-refractivity contribution in [3.63, 3.8) is 0 Å². The molecule has 1 N–H and O–H groups in total. The number of aromatic nitrogens is 1. The summed E-state index contributed by atoms with van der Waals surface area (Å²) in [7, 11) is 0. The molecule has 2 amide bonds. The molecule has 1 aromatic carbocycles. The number of amides is 2. The summed E-state index contributed by atoms with van der Waals surface area (Å²) in [6.07, 6.45) is -0.783. The van der Waals surface area contributed by atoms with Gasteiger partial charge >= 0.3 is 6.09 Å². The average Bonchev–Trinajstić information content (AvgIpc) is 2.97. The van der Waals surface area contributed by atoms with Crippen LogP contribution >= 0.6 is 0 Å². The molecule has 0 radical (unpaired) electrons. The number of hydrogen-bond acceptors (Lipinski definition) is 5. The summed E-state index contributed by atoms with van der Waals surface area (Å²) in [6, 6.07) is 5.36. The minimum atomic E-state index is -0.430. The first-order valence-electron chi connectivity index (χ1n) is 6.63. The summed E-state index contributed by atoms with van der Waals surface area (Å²) < 4.78 is 10.7. The predicted octanol–water partition coefficient (Wildman–Crippen LogP) is 1.60. The molecular weight excluding hydrogens is 274 g/mol. The van der Waals surface area contributed by atoms with E-state index in [2.05, 4.69) is 10.3 Å². The van der Waals surface area contributed by atoms with Crippen LogP contribution in [0.4, 0.5) is 10.5 Å². The molecule has 1 saturated heterocycles. The van der Waals surface area contributed by atoms with Gasteiger partial charge in [0, 0.05) is 19.9 Å². The Labute approximate surface area is 120 Å². The summed E-state index contributed by atoms with van der Waals surface area (Å²) in [6.45, 7) is 3.89. The zero-order valence-electron chi connectivity index (χ0n) is 11.8. The van der Waals surface area contributed by atoms with Gasteiger partial charge in [0.2, 0.25) is 5.91 Å². The van der Waals surface area contributed by atoms with Gasteiger partial charge in [-0.1, -0.05) is 0 Å². The smallest absolute Gasteiger partial charge is 0.414 e. The predicted molar refractivity (Wildman–Crippen MR) is 75.0 cm³/mol. The van der Waals surface area contributed by atoms with E-state index in [1.807, 2.05) is 0 Å². The van der Waals surface area contributed by atoms with E-state index in [0.29, 0.717) is 30.3 Å². The molecule has 1 aliphatic rings. The van der Waals surface area contributed by atoms with E-state index in [9.17, 15) is 9.59 Å². The van der Waals surface area contributed by atoms with Crippen LogP contribution in [-0.2, 0) is 9.53 Å². The van der Waals surface area contributed by atoms with Gasteiger partial charge in [0.25, 0.3) is 0 Å². The maximum Gasteiger partial charge on any atom is 0.414 e. The third kappa shape index (κ3) is 2.67. The van der Waals surface area contributed by atoms with Crippen LogP contribution in [0.15, 0.2) is 22.6 Å². The van der Waals surface area contributed by atoms with Crippen LogP contribution in [0.2, 0.25) is 0 Å². The van der Waals surface area contributed by atoms with Gasteiger partial charge in [0.05, 0.1) is 18.8 Å². The zero-order chi connectivity index (χ0) is 15.0. The minimum absolute atomic E-state index is 0.150. The molecule has 0 saturated carbocycles. The number of nitrogens with one attached hydrogen (secondary N) is 1. The lowest BCUT2D eigenvalue weighted by Crippen LogP contribution is -2.33. The van der Waals surface area contributed by atoms with Crippen LogP contribution in [0, 0.1) is 6.92 Å². The fraction of sp³-hybridized carbons (Fsp3) is 0.357. The van der Waals surface area contributed by atoms with E-state index in [-0.39, 0.29) is 12.0 Å². The molecule has 0 bridgehead atoms. The van der Waals surface area contributed by atoms with Crippen molar-refractivity contribution in [2.24, 2.45) is 0 Å². The molecule has 7 nitrogen and oxygen atoms in total. The fourth-order valence-electron chi connectivity index (χ4n) is 2.29. The lowest BCUT2D eigenvalue weighted by molar-refractivity contribution is -0.119. The van der Waals surface area contributed by atoms with Crippen LogP contribution < -0.4 is 10.2 Å². The van der Waals surface area contributed by atoms with Crippen molar-refractivity contribution < 1.29 is 18.7 Å². The Balaban J connectivity index is 1.78. The van der Waals surface area contributed by atoms with Gasteiger partial charge in [0.15, 0.2) is 11.5 Å². The van der Waals surface area contributed by atoms with Crippen LogP contribution in [0.5, 0.6) is 0 Å². The minimum Gasteiger partial charge on any atom is -0.442 e. The largest absolute Gasteiger partial charge is 0.442 e. The van der Waals surface area contributed by atoms with Crippen molar-refractivity contribution in [3.8, 4) is 0 Å². The molecule has 7 heteroatoms. The van der Waals surface area contributed by atoms with E-state index in [0.717, 1.165) is 5.52 Å². The molecular formula is C14H15N3O4. The number of hydrogen-bond donors (Lipinski definition) is 1. The number of benzene rings is 1. The van der Waals surface area contributed by atoms with Crippen molar-refractivity contribution in [2.45, 2.75) is 20.0 Å². The maximum absolute atomic E-state index is 11.9. The number of carbonyl (C=O) groups excluding carboxylic acids is 2. The quantitative estimate of drug-likeness (QED) is 0.927. The van der Waals surface area contributed by atoms with E-state index in [4.69, 9.17) is 9.15 Å². The molecule has 21 heavy (non-hydrogen) atoms. The summed E-state index contributed by atoms with van der Waals surface area (Å²) in [5.74, 6) is 0.428. The molecule has 0 spiro atoms. The topological polar surface area (TPSA) is 84.7 Å². The van der Waals surface area contributed by atoms with Crippen LogP contribution in [0.25, 0.3) is 11.1 Å². The van der Waals surface area contributed by atoms with Crippen molar-refractivity contribution >= 4 is 28.8 Å². The molecule has 110 valence electrons. The Morgan fingerprint density at radius 3 is 3.10 bits per heavy atom. The Morgan fingerprint density at radius 2 is 2.33 bits per heavy atom. The van der Waals surface area contributed by atoms with E-state index < -0.39 is 6.09 Å². The molecule has 1 aliphatic heterocycles.